The molecule has 1 aliphatic heterocycles. The molecule has 0 bridgehead atoms. The Morgan fingerprint density at radius 2 is 2.31 bits per heavy atom. The van der Waals surface area contributed by atoms with Crippen molar-refractivity contribution in [2.45, 2.75) is 13.3 Å². The van der Waals surface area contributed by atoms with Gasteiger partial charge in [0.15, 0.2) is 6.54 Å². The van der Waals surface area contributed by atoms with Crippen LogP contribution in [0, 0.1) is 0 Å². The molecule has 0 aromatic rings. The van der Waals surface area contributed by atoms with Crippen molar-refractivity contribution >= 4 is 26.9 Å². The van der Waals surface area contributed by atoms with Gasteiger partial charge in [0.1, 0.15) is 6.54 Å². The Labute approximate surface area is 82.8 Å². The van der Waals surface area contributed by atoms with E-state index in [4.69, 9.17) is 4.55 Å². The molecule has 1 N–H and O–H groups in total. The maximum absolute atomic E-state index is 10.4. The van der Waals surface area contributed by atoms with Crippen molar-refractivity contribution in [3.63, 3.8) is 0 Å². The van der Waals surface area contributed by atoms with Crippen LogP contribution in [0.4, 0.5) is 0 Å². The van der Waals surface area contributed by atoms with Crippen LogP contribution >= 0.6 is 11.8 Å². The Hall–Kier alpha value is -0.0700. The fourth-order valence-electron chi connectivity index (χ4n) is 1.26. The summed E-state index contributed by atoms with van der Waals surface area (Å²) in [6, 6.07) is 0. The lowest BCUT2D eigenvalue weighted by Crippen LogP contribution is -2.18. The van der Waals surface area contributed by atoms with Gasteiger partial charge in [0.05, 0.1) is 11.5 Å². The highest BCUT2D eigenvalue weighted by atomic mass is 32.2. The van der Waals surface area contributed by atoms with Crippen molar-refractivity contribution in [1.82, 2.24) is 0 Å². The third kappa shape index (κ3) is 4.10. The molecular formula is C7H14NO3S2+. The SMILES string of the molecule is CC1=[N+](CCCS(=O)(=O)O)CCS1. The zero-order chi connectivity index (χ0) is 9.90. The third-order valence-electron chi connectivity index (χ3n) is 1.95. The summed E-state index contributed by atoms with van der Waals surface area (Å²) in [6.07, 6.45) is 0.497. The van der Waals surface area contributed by atoms with E-state index in [0.717, 1.165) is 18.8 Å². The predicted octanol–water partition coefficient (Wildman–Crippen LogP) is 0.442. The van der Waals surface area contributed by atoms with Crippen molar-refractivity contribution in [1.29, 1.82) is 0 Å². The Morgan fingerprint density at radius 1 is 1.62 bits per heavy atom. The Kier molecular flexibility index (Phi) is 3.75. The molecule has 0 unspecified atom stereocenters. The van der Waals surface area contributed by atoms with Gasteiger partial charge in [0, 0.05) is 13.3 Å². The van der Waals surface area contributed by atoms with Crippen LogP contribution in [0.3, 0.4) is 0 Å². The van der Waals surface area contributed by atoms with E-state index in [1.165, 1.54) is 5.04 Å². The zero-order valence-electron chi connectivity index (χ0n) is 7.56. The van der Waals surface area contributed by atoms with Gasteiger partial charge in [0.2, 0.25) is 5.04 Å². The fraction of sp³-hybridized carbons (Fsp3) is 0.857. The molecule has 4 nitrogen and oxygen atoms in total. The molecule has 13 heavy (non-hydrogen) atoms. The number of nitrogens with zero attached hydrogens (tertiary/aromatic N) is 1. The maximum Gasteiger partial charge on any atom is 0.265 e. The quantitative estimate of drug-likeness (QED) is 0.556. The molecule has 0 saturated heterocycles. The highest BCUT2D eigenvalue weighted by molar-refractivity contribution is 8.13. The van der Waals surface area contributed by atoms with Gasteiger partial charge in [-0.15, -0.1) is 0 Å². The summed E-state index contributed by atoms with van der Waals surface area (Å²) < 4.78 is 31.5. The van der Waals surface area contributed by atoms with Gasteiger partial charge in [-0.3, -0.25) is 4.55 Å². The first-order valence-corrected chi connectivity index (χ1v) is 6.75. The number of thioether (sulfide) groups is 1. The van der Waals surface area contributed by atoms with Gasteiger partial charge < -0.3 is 0 Å². The molecule has 76 valence electrons. The molecule has 0 aromatic heterocycles. The van der Waals surface area contributed by atoms with Crippen LogP contribution in [-0.4, -0.2) is 47.2 Å². The summed E-state index contributed by atoms with van der Waals surface area (Å²) in [4.78, 5) is 0. The first-order chi connectivity index (χ1) is 5.99. The van der Waals surface area contributed by atoms with Gasteiger partial charge in [-0.1, -0.05) is 11.8 Å². The third-order valence-corrected chi connectivity index (χ3v) is 3.82. The monoisotopic (exact) mass is 224 g/mol. The average molecular weight is 224 g/mol. The van der Waals surface area contributed by atoms with Crippen LogP contribution in [0.1, 0.15) is 13.3 Å². The minimum Gasteiger partial charge on any atom is -0.286 e. The average Bonchev–Trinajstić information content (AvgIpc) is 2.34. The molecule has 1 rings (SSSR count). The Bertz CT molecular complexity index is 308. The van der Waals surface area contributed by atoms with E-state index in [9.17, 15) is 8.42 Å². The van der Waals surface area contributed by atoms with E-state index in [1.807, 2.05) is 6.92 Å². The second kappa shape index (κ2) is 4.43. The molecule has 0 atom stereocenters. The Morgan fingerprint density at radius 3 is 2.77 bits per heavy atom. The lowest BCUT2D eigenvalue weighted by atomic mass is 10.4. The van der Waals surface area contributed by atoms with Gasteiger partial charge in [-0.2, -0.15) is 8.42 Å². The molecule has 1 heterocycles. The van der Waals surface area contributed by atoms with Crippen LogP contribution in [0.5, 0.6) is 0 Å². The van der Waals surface area contributed by atoms with E-state index >= 15 is 0 Å². The molecule has 0 fully saturated rings. The van der Waals surface area contributed by atoms with Crippen molar-refractivity contribution in [3.8, 4) is 0 Å². The highest BCUT2D eigenvalue weighted by Gasteiger charge is 2.18. The van der Waals surface area contributed by atoms with Crippen molar-refractivity contribution in [2.24, 2.45) is 0 Å². The van der Waals surface area contributed by atoms with Gasteiger partial charge >= 0.3 is 0 Å². The predicted molar refractivity (Wildman–Crippen MR) is 54.2 cm³/mol. The molecule has 6 heteroatoms. The Balaban J connectivity index is 2.31. The van der Waals surface area contributed by atoms with E-state index in [-0.39, 0.29) is 5.75 Å². The minimum atomic E-state index is -3.78. The van der Waals surface area contributed by atoms with Gasteiger partial charge in [-0.25, -0.2) is 4.58 Å². The molecule has 0 saturated carbocycles. The van der Waals surface area contributed by atoms with E-state index < -0.39 is 10.1 Å². The van der Waals surface area contributed by atoms with Crippen molar-refractivity contribution < 1.29 is 17.5 Å². The smallest absolute Gasteiger partial charge is 0.265 e. The lowest BCUT2D eigenvalue weighted by molar-refractivity contribution is -0.517. The molecule has 0 aliphatic carbocycles. The van der Waals surface area contributed by atoms with Crippen molar-refractivity contribution in [3.05, 3.63) is 0 Å². The normalized spacial score (nSPS) is 18.3. The summed E-state index contributed by atoms with van der Waals surface area (Å²) in [5.41, 5.74) is 0. The van der Waals surface area contributed by atoms with Crippen LogP contribution < -0.4 is 0 Å². The summed E-state index contributed by atoms with van der Waals surface area (Å²) >= 11 is 1.79. The largest absolute Gasteiger partial charge is 0.286 e. The van der Waals surface area contributed by atoms with E-state index in [0.29, 0.717) is 6.42 Å². The zero-order valence-corrected chi connectivity index (χ0v) is 9.20. The van der Waals surface area contributed by atoms with Gasteiger partial charge in [-0.05, 0) is 0 Å². The molecular weight excluding hydrogens is 210 g/mol. The van der Waals surface area contributed by atoms with E-state index in [1.54, 1.807) is 11.8 Å². The summed E-state index contributed by atoms with van der Waals surface area (Å²) in [7, 11) is -3.78. The molecule has 1 aliphatic rings. The van der Waals surface area contributed by atoms with Crippen LogP contribution in [0.15, 0.2) is 0 Å². The van der Waals surface area contributed by atoms with Crippen LogP contribution in [0.25, 0.3) is 0 Å². The maximum atomic E-state index is 10.4. The molecule has 0 radical (unpaired) electrons. The number of rotatable bonds is 4. The van der Waals surface area contributed by atoms with Crippen LogP contribution in [-0.2, 0) is 10.1 Å². The minimum absolute atomic E-state index is 0.137. The van der Waals surface area contributed by atoms with E-state index in [2.05, 4.69) is 4.58 Å². The topological polar surface area (TPSA) is 57.4 Å². The molecule has 0 aromatic carbocycles. The summed E-state index contributed by atoms with van der Waals surface area (Å²) in [5, 5.41) is 1.25. The first kappa shape index (κ1) is 11.0. The highest BCUT2D eigenvalue weighted by Crippen LogP contribution is 2.10. The van der Waals surface area contributed by atoms with Gasteiger partial charge in [0.25, 0.3) is 10.1 Å². The second-order valence-corrected chi connectivity index (χ2v) is 5.85. The number of hydrogen-bond acceptors (Lipinski definition) is 3. The number of hydrogen-bond donors (Lipinski definition) is 1. The second-order valence-electron chi connectivity index (χ2n) is 2.99. The lowest BCUT2D eigenvalue weighted by Gasteiger charge is -1.97. The fourth-order valence-corrected chi connectivity index (χ4v) is 2.73. The summed E-state index contributed by atoms with van der Waals surface area (Å²) in [5.74, 6) is 0.944. The molecule has 0 amide bonds. The van der Waals surface area contributed by atoms with Crippen molar-refractivity contribution in [2.75, 3.05) is 24.6 Å². The van der Waals surface area contributed by atoms with Crippen LogP contribution in [0.2, 0.25) is 0 Å². The molecule has 0 spiro atoms. The standard InChI is InChI=1S/C7H13NO3S2/c1-7-8(4-5-12-7)3-2-6-13(9,10)11/h2-6H2,1H3/p+1. The summed E-state index contributed by atoms with van der Waals surface area (Å²) in [6.45, 7) is 3.74. The first-order valence-electron chi connectivity index (χ1n) is 4.15.